The van der Waals surface area contributed by atoms with Crippen molar-refractivity contribution in [3.8, 4) is 0 Å². The van der Waals surface area contributed by atoms with Gasteiger partial charge < -0.3 is 9.47 Å². The summed E-state index contributed by atoms with van der Waals surface area (Å²) in [6.45, 7) is 4.45. The lowest BCUT2D eigenvalue weighted by Crippen LogP contribution is -2.31. The number of nitrogens with zero attached hydrogens (tertiary/aromatic N) is 3. The van der Waals surface area contributed by atoms with E-state index in [2.05, 4.69) is 6.58 Å². The zero-order valence-electron chi connectivity index (χ0n) is 12.3. The SMILES string of the molecule is C=CCN(Cc1cccn1C)C(=O)c1cccc([N+](=O)[O-])c1. The maximum atomic E-state index is 12.6. The number of nitro groups is 1. The molecule has 1 aromatic carbocycles. The van der Waals surface area contributed by atoms with Crippen LogP contribution in [0.4, 0.5) is 5.69 Å². The van der Waals surface area contributed by atoms with E-state index < -0.39 is 4.92 Å². The van der Waals surface area contributed by atoms with Gasteiger partial charge in [0, 0.05) is 43.2 Å². The van der Waals surface area contributed by atoms with Gasteiger partial charge in [0.15, 0.2) is 0 Å². The molecule has 0 N–H and O–H groups in total. The lowest BCUT2D eigenvalue weighted by Gasteiger charge is -2.21. The topological polar surface area (TPSA) is 68.4 Å². The predicted octanol–water partition coefficient (Wildman–Crippen LogP) is 2.76. The minimum atomic E-state index is -0.508. The van der Waals surface area contributed by atoms with Gasteiger partial charge in [-0.3, -0.25) is 14.9 Å². The molecule has 0 saturated heterocycles. The van der Waals surface area contributed by atoms with Crippen LogP contribution in [0.1, 0.15) is 16.1 Å². The molecular weight excluding hydrogens is 282 g/mol. The summed E-state index contributed by atoms with van der Waals surface area (Å²) in [7, 11) is 1.90. The van der Waals surface area contributed by atoms with Crippen molar-refractivity contribution in [2.75, 3.05) is 6.54 Å². The molecule has 6 nitrogen and oxygen atoms in total. The Kier molecular flexibility index (Phi) is 4.73. The number of amides is 1. The van der Waals surface area contributed by atoms with E-state index in [-0.39, 0.29) is 11.6 Å². The van der Waals surface area contributed by atoms with E-state index in [1.54, 1.807) is 17.0 Å². The first kappa shape index (κ1) is 15.5. The molecule has 0 radical (unpaired) electrons. The third-order valence-corrected chi connectivity index (χ3v) is 3.34. The van der Waals surface area contributed by atoms with E-state index >= 15 is 0 Å². The monoisotopic (exact) mass is 299 g/mol. The van der Waals surface area contributed by atoms with Gasteiger partial charge in [-0.05, 0) is 18.2 Å². The molecule has 2 aromatic rings. The van der Waals surface area contributed by atoms with Gasteiger partial charge in [0.2, 0.25) is 0 Å². The first-order valence-corrected chi connectivity index (χ1v) is 6.77. The van der Waals surface area contributed by atoms with Crippen LogP contribution in [0.15, 0.2) is 55.3 Å². The number of carbonyl (C=O) groups is 1. The van der Waals surface area contributed by atoms with Gasteiger partial charge in [-0.15, -0.1) is 6.58 Å². The summed E-state index contributed by atoms with van der Waals surface area (Å²) in [5, 5.41) is 10.8. The highest BCUT2D eigenvalue weighted by molar-refractivity contribution is 5.94. The molecule has 0 aliphatic heterocycles. The van der Waals surface area contributed by atoms with E-state index in [9.17, 15) is 14.9 Å². The quantitative estimate of drug-likeness (QED) is 0.468. The summed E-state index contributed by atoms with van der Waals surface area (Å²) >= 11 is 0. The Balaban J connectivity index is 2.26. The Morgan fingerprint density at radius 1 is 1.41 bits per heavy atom. The van der Waals surface area contributed by atoms with Gasteiger partial charge >= 0.3 is 0 Å². The molecule has 1 amide bonds. The minimum Gasteiger partial charge on any atom is -0.353 e. The van der Waals surface area contributed by atoms with Crippen molar-refractivity contribution >= 4 is 11.6 Å². The summed E-state index contributed by atoms with van der Waals surface area (Å²) in [6.07, 6.45) is 3.54. The highest BCUT2D eigenvalue weighted by Crippen LogP contribution is 2.16. The molecule has 0 aliphatic carbocycles. The molecule has 0 unspecified atom stereocenters. The van der Waals surface area contributed by atoms with Crippen molar-refractivity contribution in [2.24, 2.45) is 7.05 Å². The summed E-state index contributed by atoms with van der Waals surface area (Å²) in [5.74, 6) is -0.259. The number of benzene rings is 1. The Morgan fingerprint density at radius 2 is 2.18 bits per heavy atom. The summed E-state index contributed by atoms with van der Waals surface area (Å²) in [4.78, 5) is 24.5. The van der Waals surface area contributed by atoms with Crippen LogP contribution in [0, 0.1) is 10.1 Å². The number of non-ortho nitro benzene ring substituents is 1. The number of rotatable bonds is 6. The molecule has 1 aromatic heterocycles. The molecule has 0 saturated carbocycles. The van der Waals surface area contributed by atoms with Gasteiger partial charge in [-0.1, -0.05) is 12.1 Å². The second kappa shape index (κ2) is 6.71. The minimum absolute atomic E-state index is 0.0942. The predicted molar refractivity (Wildman–Crippen MR) is 83.4 cm³/mol. The molecule has 22 heavy (non-hydrogen) atoms. The third-order valence-electron chi connectivity index (χ3n) is 3.34. The van der Waals surface area contributed by atoms with Gasteiger partial charge in [-0.2, -0.15) is 0 Å². The van der Waals surface area contributed by atoms with Crippen LogP contribution >= 0.6 is 0 Å². The maximum absolute atomic E-state index is 12.6. The fourth-order valence-corrected chi connectivity index (χ4v) is 2.17. The Labute approximate surface area is 128 Å². The smallest absolute Gasteiger partial charge is 0.270 e. The van der Waals surface area contributed by atoms with Crippen molar-refractivity contribution in [1.29, 1.82) is 0 Å². The molecule has 0 spiro atoms. The molecule has 1 heterocycles. The van der Waals surface area contributed by atoms with E-state index in [1.165, 1.54) is 18.2 Å². The van der Waals surface area contributed by atoms with Crippen molar-refractivity contribution < 1.29 is 9.72 Å². The lowest BCUT2D eigenvalue weighted by molar-refractivity contribution is -0.384. The van der Waals surface area contributed by atoms with E-state index in [0.29, 0.717) is 18.7 Å². The van der Waals surface area contributed by atoms with Crippen LogP contribution < -0.4 is 0 Å². The molecule has 6 heteroatoms. The van der Waals surface area contributed by atoms with Crippen LogP contribution in [0.3, 0.4) is 0 Å². The average molecular weight is 299 g/mol. The lowest BCUT2D eigenvalue weighted by atomic mass is 10.1. The fourth-order valence-electron chi connectivity index (χ4n) is 2.17. The van der Waals surface area contributed by atoms with E-state index in [1.807, 2.05) is 29.9 Å². The van der Waals surface area contributed by atoms with Gasteiger partial charge in [0.1, 0.15) is 0 Å². The third kappa shape index (κ3) is 3.41. The van der Waals surface area contributed by atoms with Crippen LogP contribution in [0.25, 0.3) is 0 Å². The first-order valence-electron chi connectivity index (χ1n) is 6.77. The maximum Gasteiger partial charge on any atom is 0.270 e. The van der Waals surface area contributed by atoms with Crippen LogP contribution in [-0.4, -0.2) is 26.8 Å². The van der Waals surface area contributed by atoms with Crippen LogP contribution in [0.2, 0.25) is 0 Å². The van der Waals surface area contributed by atoms with Crippen molar-refractivity contribution in [1.82, 2.24) is 9.47 Å². The van der Waals surface area contributed by atoms with Crippen LogP contribution in [0.5, 0.6) is 0 Å². The van der Waals surface area contributed by atoms with Crippen molar-refractivity contribution in [3.63, 3.8) is 0 Å². The van der Waals surface area contributed by atoms with Crippen LogP contribution in [-0.2, 0) is 13.6 Å². The number of aryl methyl sites for hydroxylation is 1. The van der Waals surface area contributed by atoms with Gasteiger partial charge in [-0.25, -0.2) is 0 Å². The number of nitro benzene ring substituents is 1. The second-order valence-electron chi connectivity index (χ2n) is 4.89. The zero-order valence-corrected chi connectivity index (χ0v) is 12.3. The molecule has 0 atom stereocenters. The number of hydrogen-bond donors (Lipinski definition) is 0. The normalized spacial score (nSPS) is 10.2. The van der Waals surface area contributed by atoms with Gasteiger partial charge in [0.25, 0.3) is 11.6 Å². The molecule has 114 valence electrons. The van der Waals surface area contributed by atoms with Crippen molar-refractivity contribution in [2.45, 2.75) is 6.54 Å². The largest absolute Gasteiger partial charge is 0.353 e. The second-order valence-corrected chi connectivity index (χ2v) is 4.89. The Hall–Kier alpha value is -2.89. The highest BCUT2D eigenvalue weighted by atomic mass is 16.6. The molecule has 0 aliphatic rings. The summed E-state index contributed by atoms with van der Waals surface area (Å²) in [6, 6.07) is 9.59. The van der Waals surface area contributed by atoms with Gasteiger partial charge in [0.05, 0.1) is 11.5 Å². The first-order chi connectivity index (χ1) is 10.5. The number of aromatic nitrogens is 1. The Morgan fingerprint density at radius 3 is 2.77 bits per heavy atom. The van der Waals surface area contributed by atoms with Crippen molar-refractivity contribution in [3.05, 3.63) is 76.6 Å². The number of hydrogen-bond acceptors (Lipinski definition) is 3. The molecular formula is C16H17N3O3. The summed E-state index contributed by atoms with van der Waals surface area (Å²) in [5.41, 5.74) is 1.18. The summed E-state index contributed by atoms with van der Waals surface area (Å²) < 4.78 is 1.93. The fraction of sp³-hybridized carbons (Fsp3) is 0.188. The highest BCUT2D eigenvalue weighted by Gasteiger charge is 2.18. The van der Waals surface area contributed by atoms with E-state index in [4.69, 9.17) is 0 Å². The standard InChI is InChI=1S/C16H17N3O3/c1-3-9-18(12-15-8-5-10-17(15)2)16(20)13-6-4-7-14(11-13)19(21)22/h3-8,10-11H,1,9,12H2,2H3. The molecule has 2 rings (SSSR count). The zero-order chi connectivity index (χ0) is 16.1. The number of carbonyl (C=O) groups excluding carboxylic acids is 1. The van der Waals surface area contributed by atoms with E-state index in [0.717, 1.165) is 5.69 Å². The molecule has 0 bridgehead atoms. The average Bonchev–Trinajstić information content (AvgIpc) is 2.91. The Bertz CT molecular complexity index is 706. The molecule has 0 fully saturated rings.